The fourth-order valence-corrected chi connectivity index (χ4v) is 4.49. The van der Waals surface area contributed by atoms with E-state index in [1.54, 1.807) is 6.08 Å². The maximum absolute atomic E-state index is 12.3. The van der Waals surface area contributed by atoms with E-state index in [1.807, 2.05) is 0 Å². The van der Waals surface area contributed by atoms with Gasteiger partial charge in [-0.2, -0.15) is 8.42 Å². The molecule has 2 atom stereocenters. The maximum Gasteiger partial charge on any atom is 0.267 e. The van der Waals surface area contributed by atoms with Crippen molar-refractivity contribution in [3.8, 4) is 0 Å². The fraction of sp³-hybridized carbons (Fsp3) is 0.700. The van der Waals surface area contributed by atoms with E-state index < -0.39 is 28.0 Å². The molecule has 7 heteroatoms. The van der Waals surface area contributed by atoms with Gasteiger partial charge in [-0.15, -0.1) is 0 Å². The predicted octanol–water partition coefficient (Wildman–Crippen LogP) is 7.23. The summed E-state index contributed by atoms with van der Waals surface area (Å²) in [6.45, 7) is 4.35. The predicted molar refractivity (Wildman–Crippen MR) is 156 cm³/mol. The monoisotopic (exact) mass is 539 g/mol. The van der Waals surface area contributed by atoms with E-state index in [0.717, 1.165) is 64.2 Å². The number of hydrogen-bond acceptors (Lipinski definition) is 4. The Labute approximate surface area is 227 Å². The van der Waals surface area contributed by atoms with Gasteiger partial charge in [0, 0.05) is 6.42 Å². The van der Waals surface area contributed by atoms with E-state index in [2.05, 4.69) is 55.6 Å². The topological polar surface area (TPSA) is 104 Å². The minimum atomic E-state index is -4.34. The van der Waals surface area contributed by atoms with Crippen LogP contribution < -0.4 is 5.32 Å². The Hall–Kier alpha value is -1.70. The van der Waals surface area contributed by atoms with Crippen molar-refractivity contribution in [2.24, 2.45) is 0 Å². The van der Waals surface area contributed by atoms with Gasteiger partial charge < -0.3 is 10.4 Å². The van der Waals surface area contributed by atoms with Crippen LogP contribution in [0.5, 0.6) is 0 Å². The molecule has 0 radical (unpaired) electrons. The second kappa shape index (κ2) is 24.6. The second-order valence-corrected chi connectivity index (χ2v) is 11.2. The molecule has 0 rings (SSSR count). The van der Waals surface area contributed by atoms with Gasteiger partial charge in [0.1, 0.15) is 0 Å². The first kappa shape index (κ1) is 35.3. The highest BCUT2D eigenvalue weighted by atomic mass is 32.2. The van der Waals surface area contributed by atoms with Crippen molar-refractivity contribution < 1.29 is 22.9 Å². The molecule has 37 heavy (non-hydrogen) atoms. The van der Waals surface area contributed by atoms with E-state index in [4.69, 9.17) is 0 Å². The lowest BCUT2D eigenvalue weighted by Gasteiger charge is -2.21. The zero-order chi connectivity index (χ0) is 27.6. The van der Waals surface area contributed by atoms with Gasteiger partial charge in [-0.05, 0) is 51.4 Å². The molecule has 0 aliphatic rings. The maximum atomic E-state index is 12.3. The van der Waals surface area contributed by atoms with Crippen LogP contribution in [-0.2, 0) is 14.9 Å². The van der Waals surface area contributed by atoms with E-state index in [0.29, 0.717) is 12.8 Å². The number of rotatable bonds is 24. The number of carbonyl (C=O) groups is 1. The standard InChI is InChI=1S/C30H53NO5S/c1-3-5-7-9-11-13-14-15-16-17-18-20-22-24-26-30(33)31-28(27-37(34,35)36)29(32)25-23-21-19-12-10-8-6-4-2/h9-12,14-15,23,25,28-29,32H,3-8,13,16-22,24,26-27H2,1-2H3,(H,31,33)(H,34,35,36)/b11-9-,12-10+,15-14-,25-23+. The van der Waals surface area contributed by atoms with E-state index >= 15 is 0 Å². The van der Waals surface area contributed by atoms with Crippen LogP contribution in [0.4, 0.5) is 0 Å². The summed E-state index contributed by atoms with van der Waals surface area (Å²) < 4.78 is 32.0. The highest BCUT2D eigenvalue weighted by Crippen LogP contribution is 2.09. The molecule has 6 nitrogen and oxygen atoms in total. The molecule has 0 aromatic rings. The van der Waals surface area contributed by atoms with Crippen molar-refractivity contribution in [2.45, 2.75) is 129 Å². The Bertz CT molecular complexity index is 771. The molecular formula is C30H53NO5S. The van der Waals surface area contributed by atoms with E-state index in [9.17, 15) is 22.9 Å². The summed E-state index contributed by atoms with van der Waals surface area (Å²) in [7, 11) is -4.34. The summed E-state index contributed by atoms with van der Waals surface area (Å²) in [6, 6.07) is -1.08. The number of aliphatic hydroxyl groups excluding tert-OH is 1. The van der Waals surface area contributed by atoms with Gasteiger partial charge in [-0.25, -0.2) is 0 Å². The SMILES string of the molecule is CCCC/C=C\C/C=C\CCCCCCCC(=O)NC(CS(=O)(=O)O)C(O)/C=C/CC/C=C/CCCC. The van der Waals surface area contributed by atoms with Gasteiger partial charge in [0.15, 0.2) is 0 Å². The molecule has 0 fully saturated rings. The van der Waals surface area contributed by atoms with Crippen LogP contribution in [0.25, 0.3) is 0 Å². The van der Waals surface area contributed by atoms with Crippen LogP contribution in [0, 0.1) is 0 Å². The molecule has 2 unspecified atom stereocenters. The highest BCUT2D eigenvalue weighted by molar-refractivity contribution is 7.85. The number of hydrogen-bond donors (Lipinski definition) is 3. The third-order valence-electron chi connectivity index (χ3n) is 5.98. The molecule has 3 N–H and O–H groups in total. The molecule has 0 saturated heterocycles. The van der Waals surface area contributed by atoms with Crippen molar-refractivity contribution in [2.75, 3.05) is 5.75 Å². The molecule has 0 aliphatic heterocycles. The quantitative estimate of drug-likeness (QED) is 0.0682. The average molecular weight is 540 g/mol. The van der Waals surface area contributed by atoms with E-state index in [1.165, 1.54) is 25.3 Å². The van der Waals surface area contributed by atoms with Crippen molar-refractivity contribution >= 4 is 16.0 Å². The summed E-state index contributed by atoms with van der Waals surface area (Å²) in [5.41, 5.74) is 0. The van der Waals surface area contributed by atoms with Gasteiger partial charge in [-0.1, -0.05) is 107 Å². The van der Waals surface area contributed by atoms with Crippen molar-refractivity contribution in [3.63, 3.8) is 0 Å². The largest absolute Gasteiger partial charge is 0.387 e. The summed E-state index contributed by atoms with van der Waals surface area (Å²) in [6.07, 6.45) is 31.1. The molecule has 0 heterocycles. The third-order valence-corrected chi connectivity index (χ3v) is 6.76. The first-order valence-corrected chi connectivity index (χ1v) is 15.9. The van der Waals surface area contributed by atoms with Gasteiger partial charge in [0.2, 0.25) is 5.91 Å². The van der Waals surface area contributed by atoms with Crippen LogP contribution in [0.1, 0.15) is 117 Å². The number of allylic oxidation sites excluding steroid dienone is 7. The number of amides is 1. The molecule has 0 aliphatic carbocycles. The molecule has 0 aromatic heterocycles. The molecule has 0 bridgehead atoms. The lowest BCUT2D eigenvalue weighted by molar-refractivity contribution is -0.122. The smallest absolute Gasteiger partial charge is 0.267 e. The average Bonchev–Trinajstić information content (AvgIpc) is 2.84. The molecular weight excluding hydrogens is 486 g/mol. The van der Waals surface area contributed by atoms with Gasteiger partial charge in [-0.3, -0.25) is 9.35 Å². The Morgan fingerprint density at radius 1 is 0.730 bits per heavy atom. The van der Waals surface area contributed by atoms with Gasteiger partial charge in [0.25, 0.3) is 10.1 Å². The lowest BCUT2D eigenvalue weighted by atomic mass is 10.1. The summed E-state index contributed by atoms with van der Waals surface area (Å²) in [4.78, 5) is 12.3. The number of aliphatic hydroxyl groups is 1. The Balaban J connectivity index is 4.17. The highest BCUT2D eigenvalue weighted by Gasteiger charge is 2.24. The van der Waals surface area contributed by atoms with Crippen molar-refractivity contribution in [1.29, 1.82) is 0 Å². The van der Waals surface area contributed by atoms with Gasteiger partial charge in [0.05, 0.1) is 17.9 Å². The molecule has 1 amide bonds. The third kappa shape index (κ3) is 25.7. The van der Waals surface area contributed by atoms with Crippen LogP contribution >= 0.6 is 0 Å². The zero-order valence-corrected chi connectivity index (χ0v) is 24.1. The first-order chi connectivity index (χ1) is 17.8. The Morgan fingerprint density at radius 3 is 1.86 bits per heavy atom. The fourth-order valence-electron chi connectivity index (χ4n) is 3.76. The van der Waals surface area contributed by atoms with Gasteiger partial charge >= 0.3 is 0 Å². The van der Waals surface area contributed by atoms with Crippen LogP contribution in [0.2, 0.25) is 0 Å². The van der Waals surface area contributed by atoms with Crippen molar-refractivity contribution in [1.82, 2.24) is 5.32 Å². The van der Waals surface area contributed by atoms with Crippen LogP contribution in [-0.4, -0.2) is 41.9 Å². The van der Waals surface area contributed by atoms with Crippen LogP contribution in [0.3, 0.4) is 0 Å². The molecule has 0 saturated carbocycles. The molecule has 0 spiro atoms. The van der Waals surface area contributed by atoms with Crippen molar-refractivity contribution in [3.05, 3.63) is 48.6 Å². The molecule has 214 valence electrons. The summed E-state index contributed by atoms with van der Waals surface area (Å²) >= 11 is 0. The number of carbonyl (C=O) groups excluding carboxylic acids is 1. The minimum Gasteiger partial charge on any atom is -0.387 e. The number of unbranched alkanes of at least 4 members (excludes halogenated alkanes) is 10. The Morgan fingerprint density at radius 2 is 1.24 bits per heavy atom. The zero-order valence-electron chi connectivity index (χ0n) is 23.3. The number of nitrogens with one attached hydrogen (secondary N) is 1. The summed E-state index contributed by atoms with van der Waals surface area (Å²) in [5.74, 6) is -1.03. The van der Waals surface area contributed by atoms with E-state index in [-0.39, 0.29) is 12.3 Å². The second-order valence-electron chi connectivity index (χ2n) is 9.66. The normalized spacial score (nSPS) is 14.4. The first-order valence-electron chi connectivity index (χ1n) is 14.3. The summed E-state index contributed by atoms with van der Waals surface area (Å²) in [5, 5.41) is 13.0. The minimum absolute atomic E-state index is 0.269. The molecule has 0 aromatic carbocycles. The lowest BCUT2D eigenvalue weighted by Crippen LogP contribution is -2.46. The van der Waals surface area contributed by atoms with Crippen LogP contribution in [0.15, 0.2) is 48.6 Å². The Kier molecular flexibility index (Phi) is 23.5.